The molecular weight excluding hydrogens is 320 g/mol. The van der Waals surface area contributed by atoms with Crippen molar-refractivity contribution in [2.75, 3.05) is 0 Å². The first-order valence-electron chi connectivity index (χ1n) is 7.21. The molecule has 0 radical (unpaired) electrons. The van der Waals surface area contributed by atoms with Gasteiger partial charge in [0.15, 0.2) is 0 Å². The predicted octanol–water partition coefficient (Wildman–Crippen LogP) is 6.00. The van der Waals surface area contributed by atoms with Crippen LogP contribution < -0.4 is 0 Å². The van der Waals surface area contributed by atoms with Crippen LogP contribution in [0.4, 0.5) is 0 Å². The van der Waals surface area contributed by atoms with Crippen LogP contribution in [-0.2, 0) is 6.42 Å². The van der Waals surface area contributed by atoms with Gasteiger partial charge in [-0.05, 0) is 64.4 Å². The van der Waals surface area contributed by atoms with Gasteiger partial charge in [-0.1, -0.05) is 64.5 Å². The summed E-state index contributed by atoms with van der Waals surface area (Å²) in [4.78, 5) is 0. The average molecular weight is 335 g/mol. The third kappa shape index (κ3) is 2.04. The minimum Gasteiger partial charge on any atom is -0.0617 e. The fraction of sp³-hybridized carbons (Fsp3) is 0.100. The van der Waals surface area contributed by atoms with Crippen molar-refractivity contribution >= 4 is 15.9 Å². The molecule has 0 saturated carbocycles. The van der Waals surface area contributed by atoms with Gasteiger partial charge in [-0.25, -0.2) is 0 Å². The third-order valence-corrected chi connectivity index (χ3v) is 4.86. The van der Waals surface area contributed by atoms with Gasteiger partial charge in [-0.3, -0.25) is 0 Å². The van der Waals surface area contributed by atoms with E-state index in [4.69, 9.17) is 0 Å². The molecule has 0 aromatic heterocycles. The third-order valence-electron chi connectivity index (χ3n) is 4.33. The second-order valence-electron chi connectivity index (χ2n) is 5.62. The Balaban J connectivity index is 1.93. The lowest BCUT2D eigenvalue weighted by molar-refractivity contribution is 1.26. The molecule has 0 heterocycles. The number of benzene rings is 3. The monoisotopic (exact) mass is 334 g/mol. The number of halogens is 1. The smallest absolute Gasteiger partial charge is 0.0175 e. The van der Waals surface area contributed by atoms with E-state index in [1.807, 2.05) is 0 Å². The fourth-order valence-electron chi connectivity index (χ4n) is 3.36. The Morgan fingerprint density at radius 2 is 1.52 bits per heavy atom. The van der Waals surface area contributed by atoms with Gasteiger partial charge in [0.1, 0.15) is 0 Å². The molecule has 1 aliphatic rings. The van der Waals surface area contributed by atoms with E-state index in [9.17, 15) is 0 Å². The highest BCUT2D eigenvalue weighted by Crippen LogP contribution is 2.43. The van der Waals surface area contributed by atoms with Crippen LogP contribution >= 0.6 is 15.9 Å². The highest BCUT2D eigenvalue weighted by molar-refractivity contribution is 9.10. The van der Waals surface area contributed by atoms with E-state index in [2.05, 4.69) is 83.5 Å². The Bertz CT molecular complexity index is 829. The lowest BCUT2D eigenvalue weighted by atomic mass is 9.95. The molecule has 0 amide bonds. The van der Waals surface area contributed by atoms with Gasteiger partial charge in [0.2, 0.25) is 0 Å². The zero-order valence-electron chi connectivity index (χ0n) is 11.9. The summed E-state index contributed by atoms with van der Waals surface area (Å²) in [5, 5.41) is 0. The molecule has 0 bridgehead atoms. The van der Waals surface area contributed by atoms with Gasteiger partial charge < -0.3 is 0 Å². The van der Waals surface area contributed by atoms with Crippen molar-refractivity contribution in [1.82, 2.24) is 0 Å². The molecule has 21 heavy (non-hydrogen) atoms. The Kier molecular flexibility index (Phi) is 2.97. The van der Waals surface area contributed by atoms with Crippen LogP contribution in [0, 0.1) is 6.92 Å². The molecule has 0 aliphatic heterocycles. The average Bonchev–Trinajstić information content (AvgIpc) is 2.88. The number of fused-ring (bicyclic) bond motifs is 3. The second-order valence-corrected chi connectivity index (χ2v) is 6.54. The first-order valence-corrected chi connectivity index (χ1v) is 8.00. The van der Waals surface area contributed by atoms with E-state index in [-0.39, 0.29) is 0 Å². The summed E-state index contributed by atoms with van der Waals surface area (Å²) < 4.78 is 1.12. The molecule has 0 unspecified atom stereocenters. The molecule has 0 atom stereocenters. The Morgan fingerprint density at radius 3 is 2.33 bits per heavy atom. The Morgan fingerprint density at radius 1 is 0.810 bits per heavy atom. The van der Waals surface area contributed by atoms with Gasteiger partial charge in [-0.2, -0.15) is 0 Å². The van der Waals surface area contributed by atoms with E-state index in [0.29, 0.717) is 0 Å². The molecule has 0 nitrogen and oxygen atoms in total. The molecule has 0 N–H and O–H groups in total. The van der Waals surface area contributed by atoms with Crippen LogP contribution in [0.1, 0.15) is 16.7 Å². The standard InChI is InChI=1S/C20H15Br/c1-13-4-2-5-15-12-19-17(6-3-7-18(19)20(13)15)14-8-10-16(21)11-9-14/h2-11H,12H2,1H3. The maximum atomic E-state index is 3.51. The SMILES string of the molecule is Cc1cccc2c1-c1cccc(-c3ccc(Br)cc3)c1C2. The molecule has 102 valence electrons. The number of rotatable bonds is 1. The van der Waals surface area contributed by atoms with Crippen LogP contribution in [0.5, 0.6) is 0 Å². The quantitative estimate of drug-likeness (QED) is 0.400. The molecule has 0 fully saturated rings. The molecule has 3 aromatic rings. The van der Waals surface area contributed by atoms with Crippen LogP contribution in [0.15, 0.2) is 65.1 Å². The summed E-state index contributed by atoms with van der Waals surface area (Å²) in [6.45, 7) is 2.21. The van der Waals surface area contributed by atoms with Gasteiger partial charge in [0, 0.05) is 4.47 Å². The minimum absolute atomic E-state index is 1.04. The van der Waals surface area contributed by atoms with E-state index < -0.39 is 0 Å². The zero-order valence-corrected chi connectivity index (χ0v) is 13.4. The topological polar surface area (TPSA) is 0 Å². The van der Waals surface area contributed by atoms with Crippen molar-refractivity contribution in [3.8, 4) is 22.3 Å². The minimum atomic E-state index is 1.04. The number of hydrogen-bond donors (Lipinski definition) is 0. The first kappa shape index (κ1) is 12.8. The molecule has 1 aliphatic carbocycles. The van der Waals surface area contributed by atoms with Crippen molar-refractivity contribution in [1.29, 1.82) is 0 Å². The highest BCUT2D eigenvalue weighted by Gasteiger charge is 2.22. The fourth-order valence-corrected chi connectivity index (χ4v) is 3.63. The van der Waals surface area contributed by atoms with Crippen molar-refractivity contribution < 1.29 is 0 Å². The molecule has 0 saturated heterocycles. The van der Waals surface area contributed by atoms with Crippen LogP contribution in [-0.4, -0.2) is 0 Å². The molecule has 4 rings (SSSR count). The van der Waals surface area contributed by atoms with Crippen molar-refractivity contribution in [3.63, 3.8) is 0 Å². The summed E-state index contributed by atoms with van der Waals surface area (Å²) in [6, 6.07) is 21.9. The lowest BCUT2D eigenvalue weighted by Gasteiger charge is -2.09. The molecule has 3 aromatic carbocycles. The summed E-state index contributed by atoms with van der Waals surface area (Å²) >= 11 is 3.51. The lowest BCUT2D eigenvalue weighted by Crippen LogP contribution is -1.87. The second kappa shape index (κ2) is 4.85. The van der Waals surface area contributed by atoms with E-state index in [0.717, 1.165) is 10.9 Å². The Labute approximate surface area is 133 Å². The zero-order chi connectivity index (χ0) is 14.4. The van der Waals surface area contributed by atoms with Crippen molar-refractivity contribution in [3.05, 3.63) is 81.8 Å². The number of hydrogen-bond acceptors (Lipinski definition) is 0. The predicted molar refractivity (Wildman–Crippen MR) is 92.6 cm³/mol. The van der Waals surface area contributed by atoms with Crippen LogP contribution in [0.25, 0.3) is 22.3 Å². The summed E-state index contributed by atoms with van der Waals surface area (Å²) in [6.07, 6.45) is 1.04. The maximum absolute atomic E-state index is 3.51. The maximum Gasteiger partial charge on any atom is 0.0175 e. The van der Waals surface area contributed by atoms with Gasteiger partial charge in [0.25, 0.3) is 0 Å². The summed E-state index contributed by atoms with van der Waals surface area (Å²) in [5.74, 6) is 0. The van der Waals surface area contributed by atoms with Crippen LogP contribution in [0.3, 0.4) is 0 Å². The van der Waals surface area contributed by atoms with E-state index in [1.165, 1.54) is 38.9 Å². The van der Waals surface area contributed by atoms with Crippen LogP contribution in [0.2, 0.25) is 0 Å². The highest BCUT2D eigenvalue weighted by atomic mass is 79.9. The largest absolute Gasteiger partial charge is 0.0617 e. The first-order chi connectivity index (χ1) is 10.2. The number of aryl methyl sites for hydroxylation is 1. The van der Waals surface area contributed by atoms with Crippen molar-refractivity contribution in [2.24, 2.45) is 0 Å². The van der Waals surface area contributed by atoms with E-state index >= 15 is 0 Å². The van der Waals surface area contributed by atoms with Gasteiger partial charge in [0.05, 0.1) is 0 Å². The molecular formula is C20H15Br. The van der Waals surface area contributed by atoms with E-state index in [1.54, 1.807) is 0 Å². The Hall–Kier alpha value is -1.86. The summed E-state index contributed by atoms with van der Waals surface area (Å²) in [5.41, 5.74) is 9.78. The van der Waals surface area contributed by atoms with Gasteiger partial charge >= 0.3 is 0 Å². The molecule has 0 spiro atoms. The van der Waals surface area contributed by atoms with Gasteiger partial charge in [-0.15, -0.1) is 0 Å². The van der Waals surface area contributed by atoms with Crippen molar-refractivity contribution in [2.45, 2.75) is 13.3 Å². The summed E-state index contributed by atoms with van der Waals surface area (Å²) in [7, 11) is 0. The normalized spacial score (nSPS) is 12.1. The molecule has 1 heteroatoms.